The van der Waals surface area contributed by atoms with Crippen LogP contribution in [0, 0.1) is 18.3 Å². The van der Waals surface area contributed by atoms with Crippen molar-refractivity contribution < 1.29 is 0 Å². The topological polar surface area (TPSA) is 81.5 Å². The van der Waals surface area contributed by atoms with Crippen LogP contribution in [0.2, 0.25) is 5.15 Å². The Morgan fingerprint density at radius 2 is 1.96 bits per heavy atom. The number of aromatic amines is 1. The summed E-state index contributed by atoms with van der Waals surface area (Å²) in [6, 6.07) is 10.2. The molecule has 1 aromatic carbocycles. The molecular formula is C19H19ClN6. The van der Waals surface area contributed by atoms with Crippen LogP contribution in [0.5, 0.6) is 0 Å². The maximum Gasteiger partial charge on any atom is 0.161 e. The minimum Gasteiger partial charge on any atom is -0.278 e. The van der Waals surface area contributed by atoms with Gasteiger partial charge in [0.05, 0.1) is 11.9 Å². The van der Waals surface area contributed by atoms with Gasteiger partial charge in [-0.1, -0.05) is 44.5 Å². The smallest absolute Gasteiger partial charge is 0.161 e. The standard InChI is InChI=1S/C19H19ClN6/c1-12-5-6-13(19(2,3)4)9-15(12)26(16-7-8-24-25-16)18-14(10-21)17(20)22-11-23-18/h5-9,11H,1-4H3,(H,24,25). The summed E-state index contributed by atoms with van der Waals surface area (Å²) in [5, 5.41) is 16.7. The van der Waals surface area contributed by atoms with Crippen LogP contribution in [0.4, 0.5) is 17.3 Å². The number of halogens is 1. The zero-order valence-electron chi connectivity index (χ0n) is 15.1. The van der Waals surface area contributed by atoms with Gasteiger partial charge in [0.15, 0.2) is 11.0 Å². The first kappa shape index (κ1) is 17.9. The number of anilines is 3. The number of nitrogens with one attached hydrogen (secondary N) is 1. The highest BCUT2D eigenvalue weighted by molar-refractivity contribution is 6.30. The first-order chi connectivity index (χ1) is 12.3. The molecule has 0 spiro atoms. The maximum absolute atomic E-state index is 9.58. The second-order valence-electron chi connectivity index (χ2n) is 7.00. The molecule has 132 valence electrons. The van der Waals surface area contributed by atoms with Crippen molar-refractivity contribution in [2.75, 3.05) is 4.90 Å². The van der Waals surface area contributed by atoms with Gasteiger partial charge in [0.1, 0.15) is 23.8 Å². The Kier molecular flexibility index (Phi) is 4.66. The SMILES string of the molecule is Cc1ccc(C(C)(C)C)cc1N(c1ccn[nH]1)c1ncnc(Cl)c1C#N. The minimum absolute atomic E-state index is 0.0243. The van der Waals surface area contributed by atoms with Gasteiger partial charge in [-0.05, 0) is 29.5 Å². The Bertz CT molecular complexity index is 967. The van der Waals surface area contributed by atoms with Gasteiger partial charge >= 0.3 is 0 Å². The normalized spacial score (nSPS) is 11.2. The van der Waals surface area contributed by atoms with E-state index in [1.807, 2.05) is 17.9 Å². The van der Waals surface area contributed by atoms with Gasteiger partial charge in [-0.15, -0.1) is 0 Å². The Balaban J connectivity index is 2.29. The molecule has 0 saturated heterocycles. The molecular weight excluding hydrogens is 348 g/mol. The van der Waals surface area contributed by atoms with Crippen molar-refractivity contribution in [3.05, 3.63) is 58.6 Å². The third-order valence-corrected chi connectivity index (χ3v) is 4.43. The average molecular weight is 367 g/mol. The highest BCUT2D eigenvalue weighted by atomic mass is 35.5. The zero-order valence-corrected chi connectivity index (χ0v) is 15.8. The number of benzene rings is 1. The highest BCUT2D eigenvalue weighted by Gasteiger charge is 2.24. The molecule has 0 aliphatic heterocycles. The molecule has 3 rings (SSSR count). The lowest BCUT2D eigenvalue weighted by Crippen LogP contribution is -2.18. The summed E-state index contributed by atoms with van der Waals surface area (Å²) in [6.07, 6.45) is 3.00. The number of aromatic nitrogens is 4. The number of hydrogen-bond donors (Lipinski definition) is 1. The van der Waals surface area contributed by atoms with Crippen molar-refractivity contribution in [1.29, 1.82) is 5.26 Å². The van der Waals surface area contributed by atoms with Crippen molar-refractivity contribution in [1.82, 2.24) is 20.2 Å². The van der Waals surface area contributed by atoms with Gasteiger partial charge in [0.2, 0.25) is 0 Å². The first-order valence-electron chi connectivity index (χ1n) is 8.14. The van der Waals surface area contributed by atoms with Gasteiger partial charge in [-0.25, -0.2) is 9.97 Å². The van der Waals surface area contributed by atoms with Crippen LogP contribution < -0.4 is 4.90 Å². The lowest BCUT2D eigenvalue weighted by Gasteiger charge is -2.27. The molecule has 0 fully saturated rings. The molecule has 2 heterocycles. The third-order valence-electron chi connectivity index (χ3n) is 4.15. The molecule has 0 saturated carbocycles. The third kappa shape index (κ3) is 3.26. The van der Waals surface area contributed by atoms with E-state index in [1.54, 1.807) is 6.20 Å². The van der Waals surface area contributed by atoms with Crippen LogP contribution in [0.1, 0.15) is 37.5 Å². The summed E-state index contributed by atoms with van der Waals surface area (Å²) in [4.78, 5) is 10.1. The van der Waals surface area contributed by atoms with E-state index in [-0.39, 0.29) is 16.1 Å². The van der Waals surface area contributed by atoms with Crippen LogP contribution in [-0.2, 0) is 5.41 Å². The van der Waals surface area contributed by atoms with Crippen molar-refractivity contribution >= 4 is 28.9 Å². The fourth-order valence-corrected chi connectivity index (χ4v) is 2.84. The Morgan fingerprint density at radius 1 is 1.19 bits per heavy atom. The van der Waals surface area contributed by atoms with Gasteiger partial charge in [0.25, 0.3) is 0 Å². The number of H-pyrrole nitrogens is 1. The predicted octanol–water partition coefficient (Wildman–Crippen LogP) is 4.80. The summed E-state index contributed by atoms with van der Waals surface area (Å²) in [5.41, 5.74) is 3.29. The summed E-state index contributed by atoms with van der Waals surface area (Å²) < 4.78 is 0. The van der Waals surface area contributed by atoms with E-state index in [0.29, 0.717) is 11.6 Å². The molecule has 0 bridgehead atoms. The number of hydrogen-bond acceptors (Lipinski definition) is 5. The predicted molar refractivity (Wildman–Crippen MR) is 102 cm³/mol. The maximum atomic E-state index is 9.58. The van der Waals surface area contributed by atoms with Crippen molar-refractivity contribution in [3.63, 3.8) is 0 Å². The van der Waals surface area contributed by atoms with Crippen LogP contribution >= 0.6 is 11.6 Å². The highest BCUT2D eigenvalue weighted by Crippen LogP contribution is 2.38. The van der Waals surface area contributed by atoms with Gasteiger partial charge in [0, 0.05) is 6.07 Å². The van der Waals surface area contributed by atoms with Gasteiger partial charge in [-0.3, -0.25) is 10.00 Å². The summed E-state index contributed by atoms with van der Waals surface area (Å²) >= 11 is 6.14. The lowest BCUT2D eigenvalue weighted by molar-refractivity contribution is 0.590. The van der Waals surface area contributed by atoms with Crippen LogP contribution in [-0.4, -0.2) is 20.2 Å². The quantitative estimate of drug-likeness (QED) is 0.673. The molecule has 2 aromatic heterocycles. The Labute approximate surface area is 157 Å². The summed E-state index contributed by atoms with van der Waals surface area (Å²) in [5.74, 6) is 1.09. The molecule has 6 nitrogen and oxygen atoms in total. The summed E-state index contributed by atoms with van der Waals surface area (Å²) in [6.45, 7) is 8.48. The van der Waals surface area contributed by atoms with E-state index in [9.17, 15) is 5.26 Å². The zero-order chi connectivity index (χ0) is 18.9. The van der Waals surface area contributed by atoms with Gasteiger partial charge in [-0.2, -0.15) is 10.4 Å². The largest absolute Gasteiger partial charge is 0.278 e. The molecule has 3 aromatic rings. The van der Waals surface area contributed by atoms with E-state index in [4.69, 9.17) is 11.6 Å². The fraction of sp³-hybridized carbons (Fsp3) is 0.263. The molecule has 1 N–H and O–H groups in total. The minimum atomic E-state index is -0.0243. The number of nitrogens with zero attached hydrogens (tertiary/aromatic N) is 5. The van der Waals surface area contributed by atoms with E-state index in [0.717, 1.165) is 11.3 Å². The molecule has 7 heteroatoms. The molecule has 26 heavy (non-hydrogen) atoms. The number of rotatable bonds is 3. The molecule has 0 amide bonds. The average Bonchev–Trinajstić information content (AvgIpc) is 3.10. The summed E-state index contributed by atoms with van der Waals surface area (Å²) in [7, 11) is 0. The van der Waals surface area contributed by atoms with Gasteiger partial charge < -0.3 is 0 Å². The fourth-order valence-electron chi connectivity index (χ4n) is 2.67. The first-order valence-corrected chi connectivity index (χ1v) is 8.52. The van der Waals surface area contributed by atoms with Crippen molar-refractivity contribution in [2.45, 2.75) is 33.1 Å². The molecule has 0 radical (unpaired) electrons. The second-order valence-corrected chi connectivity index (χ2v) is 7.36. The Hall–Kier alpha value is -2.91. The molecule has 0 atom stereocenters. The Morgan fingerprint density at radius 3 is 2.58 bits per heavy atom. The lowest BCUT2D eigenvalue weighted by atomic mass is 9.86. The molecule has 0 unspecified atom stereocenters. The monoisotopic (exact) mass is 366 g/mol. The molecule has 0 aliphatic rings. The van der Waals surface area contributed by atoms with E-state index < -0.39 is 0 Å². The van der Waals surface area contributed by atoms with Crippen LogP contribution in [0.3, 0.4) is 0 Å². The number of nitriles is 1. The van der Waals surface area contributed by atoms with Crippen LogP contribution in [0.25, 0.3) is 0 Å². The van der Waals surface area contributed by atoms with Crippen LogP contribution in [0.15, 0.2) is 36.8 Å². The van der Waals surface area contributed by atoms with E-state index in [1.165, 1.54) is 11.9 Å². The van der Waals surface area contributed by atoms with E-state index in [2.05, 4.69) is 65.2 Å². The number of aryl methyl sites for hydroxylation is 1. The van der Waals surface area contributed by atoms with Crippen molar-refractivity contribution in [3.8, 4) is 6.07 Å². The van der Waals surface area contributed by atoms with E-state index >= 15 is 0 Å². The molecule has 0 aliphatic carbocycles. The second kappa shape index (κ2) is 6.77. The van der Waals surface area contributed by atoms with Crippen molar-refractivity contribution in [2.24, 2.45) is 0 Å².